The summed E-state index contributed by atoms with van der Waals surface area (Å²) in [5.74, 6) is 0. The molecule has 122 valence electrons. The number of nitrogens with zero attached hydrogens (tertiary/aromatic N) is 1. The first-order valence-electron chi connectivity index (χ1n) is 8.79. The molecule has 20 heavy (non-hydrogen) atoms. The molecule has 0 aliphatic carbocycles. The molecule has 0 radical (unpaired) electrons. The van der Waals surface area contributed by atoms with Gasteiger partial charge in [-0.2, -0.15) is 0 Å². The van der Waals surface area contributed by atoms with Gasteiger partial charge in [0.15, 0.2) is 0 Å². The van der Waals surface area contributed by atoms with E-state index in [0.29, 0.717) is 13.1 Å². The third kappa shape index (κ3) is 14.3. The minimum absolute atomic E-state index is 0.192. The molecule has 0 aromatic heterocycles. The van der Waals surface area contributed by atoms with E-state index in [4.69, 9.17) is 10.2 Å². The topological polar surface area (TPSA) is 43.7 Å². The quantitative estimate of drug-likeness (QED) is 0.426. The lowest BCUT2D eigenvalue weighted by atomic mass is 10.1. The first kappa shape index (κ1) is 19.9. The van der Waals surface area contributed by atoms with Gasteiger partial charge < -0.3 is 10.2 Å². The summed E-state index contributed by atoms with van der Waals surface area (Å²) in [5, 5.41) is 17.8. The zero-order chi connectivity index (χ0) is 14.9. The highest BCUT2D eigenvalue weighted by molar-refractivity contribution is 4.57. The fraction of sp³-hybridized carbons (Fsp3) is 1.00. The van der Waals surface area contributed by atoms with E-state index in [2.05, 4.69) is 11.8 Å². The Balaban J connectivity index is 3.18. The molecule has 0 rings (SSSR count). The Morgan fingerprint density at radius 2 is 0.950 bits per heavy atom. The van der Waals surface area contributed by atoms with E-state index in [9.17, 15) is 0 Å². The Hall–Kier alpha value is -0.120. The second-order valence-electron chi connectivity index (χ2n) is 5.82. The summed E-state index contributed by atoms with van der Waals surface area (Å²) in [6.45, 7) is 5.05. The Labute approximate surface area is 126 Å². The highest BCUT2D eigenvalue weighted by Crippen LogP contribution is 2.11. The van der Waals surface area contributed by atoms with Crippen molar-refractivity contribution in [2.24, 2.45) is 0 Å². The molecule has 3 heteroatoms. The van der Waals surface area contributed by atoms with Crippen LogP contribution in [0.1, 0.15) is 77.6 Å². The monoisotopic (exact) mass is 287 g/mol. The van der Waals surface area contributed by atoms with Crippen molar-refractivity contribution < 1.29 is 10.2 Å². The molecule has 0 amide bonds. The Morgan fingerprint density at radius 1 is 0.550 bits per heavy atom. The lowest BCUT2D eigenvalue weighted by Crippen LogP contribution is -2.30. The predicted octanol–water partition coefficient (Wildman–Crippen LogP) is 3.58. The summed E-state index contributed by atoms with van der Waals surface area (Å²) in [6.07, 6.45) is 15.0. The minimum atomic E-state index is 0.192. The van der Waals surface area contributed by atoms with Crippen molar-refractivity contribution in [3.8, 4) is 0 Å². The maximum Gasteiger partial charge on any atom is 0.0558 e. The number of unbranched alkanes of at least 4 members (excludes halogenated alkanes) is 10. The molecule has 0 aliphatic rings. The van der Waals surface area contributed by atoms with E-state index in [-0.39, 0.29) is 13.2 Å². The summed E-state index contributed by atoms with van der Waals surface area (Å²) in [6, 6.07) is 0. The SMILES string of the molecule is CCCCCCCCCCCCCN(CCO)CCO. The lowest BCUT2D eigenvalue weighted by Gasteiger charge is -2.19. The van der Waals surface area contributed by atoms with Gasteiger partial charge in [0.25, 0.3) is 0 Å². The largest absolute Gasteiger partial charge is 0.395 e. The second-order valence-corrected chi connectivity index (χ2v) is 5.82. The zero-order valence-electron chi connectivity index (χ0n) is 13.7. The fourth-order valence-corrected chi connectivity index (χ4v) is 2.62. The molecule has 0 aliphatic heterocycles. The van der Waals surface area contributed by atoms with Gasteiger partial charge in [-0.05, 0) is 13.0 Å². The molecule has 3 nitrogen and oxygen atoms in total. The van der Waals surface area contributed by atoms with Gasteiger partial charge in [0, 0.05) is 13.1 Å². The highest BCUT2D eigenvalue weighted by atomic mass is 16.3. The maximum atomic E-state index is 8.92. The van der Waals surface area contributed by atoms with Crippen molar-refractivity contribution in [2.75, 3.05) is 32.8 Å². The summed E-state index contributed by atoms with van der Waals surface area (Å²) in [7, 11) is 0. The van der Waals surface area contributed by atoms with Crippen LogP contribution < -0.4 is 0 Å². The molecule has 0 spiro atoms. The van der Waals surface area contributed by atoms with Crippen molar-refractivity contribution in [1.29, 1.82) is 0 Å². The Kier molecular flexibility index (Phi) is 16.8. The van der Waals surface area contributed by atoms with Crippen molar-refractivity contribution in [1.82, 2.24) is 4.90 Å². The predicted molar refractivity (Wildman–Crippen MR) is 87.1 cm³/mol. The third-order valence-electron chi connectivity index (χ3n) is 3.91. The van der Waals surface area contributed by atoms with Crippen LogP contribution in [0.2, 0.25) is 0 Å². The Bertz CT molecular complexity index is 170. The van der Waals surface area contributed by atoms with Gasteiger partial charge in [0.2, 0.25) is 0 Å². The van der Waals surface area contributed by atoms with E-state index in [1.54, 1.807) is 0 Å². The average molecular weight is 287 g/mol. The molecule has 0 saturated carbocycles. The first-order chi connectivity index (χ1) is 9.85. The van der Waals surface area contributed by atoms with Crippen LogP contribution in [0.4, 0.5) is 0 Å². The maximum absolute atomic E-state index is 8.92. The molecule has 0 atom stereocenters. The average Bonchev–Trinajstić information content (AvgIpc) is 2.45. The van der Waals surface area contributed by atoms with Crippen LogP contribution in [0, 0.1) is 0 Å². The number of rotatable bonds is 16. The zero-order valence-corrected chi connectivity index (χ0v) is 13.7. The van der Waals surface area contributed by atoms with Gasteiger partial charge in [-0.3, -0.25) is 4.90 Å². The molecule has 0 aromatic carbocycles. The van der Waals surface area contributed by atoms with Crippen LogP contribution in [0.3, 0.4) is 0 Å². The Morgan fingerprint density at radius 3 is 1.35 bits per heavy atom. The highest BCUT2D eigenvalue weighted by Gasteiger charge is 2.02. The van der Waals surface area contributed by atoms with Crippen LogP contribution >= 0.6 is 0 Å². The van der Waals surface area contributed by atoms with Crippen LogP contribution in [-0.4, -0.2) is 48.0 Å². The normalized spacial score (nSPS) is 11.4. The molecular formula is C17H37NO2. The van der Waals surface area contributed by atoms with Crippen molar-refractivity contribution in [2.45, 2.75) is 77.6 Å². The van der Waals surface area contributed by atoms with E-state index >= 15 is 0 Å². The van der Waals surface area contributed by atoms with Gasteiger partial charge in [-0.1, -0.05) is 71.1 Å². The van der Waals surface area contributed by atoms with Crippen LogP contribution in [0.25, 0.3) is 0 Å². The van der Waals surface area contributed by atoms with E-state index in [1.165, 1.54) is 70.6 Å². The lowest BCUT2D eigenvalue weighted by molar-refractivity contribution is 0.159. The van der Waals surface area contributed by atoms with E-state index in [0.717, 1.165) is 6.54 Å². The molecular weight excluding hydrogens is 250 g/mol. The number of hydrogen-bond donors (Lipinski definition) is 2. The molecule has 2 N–H and O–H groups in total. The van der Waals surface area contributed by atoms with Crippen LogP contribution in [0.5, 0.6) is 0 Å². The van der Waals surface area contributed by atoms with Gasteiger partial charge in [-0.25, -0.2) is 0 Å². The van der Waals surface area contributed by atoms with Crippen molar-refractivity contribution in [3.05, 3.63) is 0 Å². The van der Waals surface area contributed by atoms with E-state index < -0.39 is 0 Å². The van der Waals surface area contributed by atoms with Gasteiger partial charge >= 0.3 is 0 Å². The van der Waals surface area contributed by atoms with Gasteiger partial charge in [0.05, 0.1) is 13.2 Å². The molecule has 0 aromatic rings. The van der Waals surface area contributed by atoms with Crippen molar-refractivity contribution >= 4 is 0 Å². The van der Waals surface area contributed by atoms with Gasteiger partial charge in [-0.15, -0.1) is 0 Å². The van der Waals surface area contributed by atoms with Crippen LogP contribution in [-0.2, 0) is 0 Å². The second kappa shape index (κ2) is 16.9. The summed E-state index contributed by atoms with van der Waals surface area (Å²) in [4.78, 5) is 2.15. The number of aliphatic hydroxyl groups excluding tert-OH is 2. The molecule has 0 saturated heterocycles. The van der Waals surface area contributed by atoms with Crippen molar-refractivity contribution in [3.63, 3.8) is 0 Å². The van der Waals surface area contributed by atoms with Gasteiger partial charge in [0.1, 0.15) is 0 Å². The number of aliphatic hydroxyl groups is 2. The third-order valence-corrected chi connectivity index (χ3v) is 3.91. The summed E-state index contributed by atoms with van der Waals surface area (Å²) in [5.41, 5.74) is 0. The molecule has 0 fully saturated rings. The fourth-order valence-electron chi connectivity index (χ4n) is 2.62. The summed E-state index contributed by atoms with van der Waals surface area (Å²) >= 11 is 0. The standard InChI is InChI=1S/C17H37NO2/c1-2-3-4-5-6-7-8-9-10-11-12-13-18(14-16-19)15-17-20/h19-20H,2-17H2,1H3. The molecule has 0 bridgehead atoms. The first-order valence-corrected chi connectivity index (χ1v) is 8.79. The van der Waals surface area contributed by atoms with Crippen LogP contribution in [0.15, 0.2) is 0 Å². The molecule has 0 heterocycles. The van der Waals surface area contributed by atoms with E-state index in [1.807, 2.05) is 0 Å². The minimum Gasteiger partial charge on any atom is -0.395 e. The molecule has 0 unspecified atom stereocenters. The smallest absolute Gasteiger partial charge is 0.0558 e. The summed E-state index contributed by atoms with van der Waals surface area (Å²) < 4.78 is 0. The number of hydrogen-bond acceptors (Lipinski definition) is 3.